The molecule has 1 heteroatoms. The summed E-state index contributed by atoms with van der Waals surface area (Å²) in [4.78, 5) is 2.26. The lowest BCUT2D eigenvalue weighted by Crippen LogP contribution is -2.15. The lowest BCUT2D eigenvalue weighted by molar-refractivity contribution is 0.977. The van der Waals surface area contributed by atoms with E-state index in [-0.39, 0.29) is 0 Å². The van der Waals surface area contributed by atoms with Crippen LogP contribution in [0.15, 0.2) is 78.5 Å². The molecule has 1 nitrogen and oxygen atoms in total. The highest BCUT2D eigenvalue weighted by molar-refractivity contribution is 5.69. The van der Waals surface area contributed by atoms with Crippen LogP contribution in [0.3, 0.4) is 0 Å². The SMILES string of the molecule is C/C=C\C=C(/CC)N(C)c1cccc(-c2ccccc2)c1. The van der Waals surface area contributed by atoms with Gasteiger partial charge >= 0.3 is 0 Å². The minimum atomic E-state index is 1.01. The number of benzene rings is 2. The molecule has 0 bridgehead atoms. The lowest BCUT2D eigenvalue weighted by atomic mass is 10.0. The van der Waals surface area contributed by atoms with Gasteiger partial charge in [0.05, 0.1) is 0 Å². The maximum Gasteiger partial charge on any atom is 0.0411 e. The van der Waals surface area contributed by atoms with Crippen LogP contribution in [0.4, 0.5) is 5.69 Å². The number of nitrogens with zero attached hydrogens (tertiary/aromatic N) is 1. The van der Waals surface area contributed by atoms with E-state index in [0.717, 1.165) is 6.42 Å². The van der Waals surface area contributed by atoms with E-state index < -0.39 is 0 Å². The first-order valence-corrected chi connectivity index (χ1v) is 7.47. The van der Waals surface area contributed by atoms with Gasteiger partial charge in [0.2, 0.25) is 0 Å². The third kappa shape index (κ3) is 3.85. The molecule has 0 atom stereocenters. The summed E-state index contributed by atoms with van der Waals surface area (Å²) in [6.07, 6.45) is 7.34. The second-order valence-corrected chi connectivity index (χ2v) is 5.01. The number of hydrogen-bond acceptors (Lipinski definition) is 1. The molecular formula is C20H23N. The quantitative estimate of drug-likeness (QED) is 0.637. The summed E-state index contributed by atoms with van der Waals surface area (Å²) in [6.45, 7) is 4.23. The fraction of sp³-hybridized carbons (Fsp3) is 0.200. The van der Waals surface area contributed by atoms with Crippen LogP contribution in [-0.2, 0) is 0 Å². The van der Waals surface area contributed by atoms with Crippen LogP contribution in [0.1, 0.15) is 20.3 Å². The van der Waals surface area contributed by atoms with E-state index in [4.69, 9.17) is 0 Å². The number of anilines is 1. The first kappa shape index (κ1) is 15.1. The predicted octanol–water partition coefficient (Wildman–Crippen LogP) is 5.66. The average Bonchev–Trinajstić information content (AvgIpc) is 2.56. The fourth-order valence-corrected chi connectivity index (χ4v) is 2.36. The molecule has 0 fully saturated rings. The van der Waals surface area contributed by atoms with Gasteiger partial charge in [-0.25, -0.2) is 0 Å². The summed E-state index contributed by atoms with van der Waals surface area (Å²) in [5, 5.41) is 0. The lowest BCUT2D eigenvalue weighted by Gasteiger charge is -2.22. The van der Waals surface area contributed by atoms with Crippen molar-refractivity contribution in [2.75, 3.05) is 11.9 Å². The van der Waals surface area contributed by atoms with Crippen LogP contribution in [0, 0.1) is 0 Å². The Morgan fingerprint density at radius 1 is 1.00 bits per heavy atom. The standard InChI is InChI=1S/C20H23N/c1-4-6-14-19(5-2)21(3)20-15-10-13-18(16-20)17-11-8-7-9-12-17/h4,6-16H,5H2,1-3H3/b6-4-,19-14+. The maximum atomic E-state index is 2.26. The second kappa shape index (κ2) is 7.49. The summed E-state index contributed by atoms with van der Waals surface area (Å²) in [5.74, 6) is 0. The molecule has 0 aliphatic rings. The van der Waals surface area contributed by atoms with Gasteiger partial charge in [0.1, 0.15) is 0 Å². The zero-order chi connectivity index (χ0) is 15.1. The Morgan fingerprint density at radius 3 is 2.38 bits per heavy atom. The van der Waals surface area contributed by atoms with Crippen molar-refractivity contribution in [2.24, 2.45) is 0 Å². The summed E-state index contributed by atoms with van der Waals surface area (Å²) in [6, 6.07) is 19.2. The smallest absolute Gasteiger partial charge is 0.0411 e. The third-order valence-electron chi connectivity index (χ3n) is 3.61. The first-order chi connectivity index (χ1) is 10.3. The molecule has 0 radical (unpaired) electrons. The van der Waals surface area contributed by atoms with Crippen LogP contribution in [0.2, 0.25) is 0 Å². The van der Waals surface area contributed by atoms with E-state index in [1.165, 1.54) is 22.5 Å². The molecule has 0 saturated heterocycles. The van der Waals surface area contributed by atoms with Crippen LogP contribution in [0.5, 0.6) is 0 Å². The Balaban J connectivity index is 2.33. The van der Waals surface area contributed by atoms with Gasteiger partial charge in [-0.2, -0.15) is 0 Å². The molecular weight excluding hydrogens is 254 g/mol. The fourth-order valence-electron chi connectivity index (χ4n) is 2.36. The van der Waals surface area contributed by atoms with Gasteiger partial charge in [-0.1, -0.05) is 61.5 Å². The van der Waals surface area contributed by atoms with Crippen LogP contribution < -0.4 is 4.90 Å². The van der Waals surface area contributed by atoms with Gasteiger partial charge in [0.25, 0.3) is 0 Å². The van der Waals surface area contributed by atoms with E-state index in [9.17, 15) is 0 Å². The van der Waals surface area contributed by atoms with Crippen molar-refractivity contribution in [3.8, 4) is 11.1 Å². The molecule has 2 aromatic rings. The average molecular weight is 277 g/mol. The molecule has 0 aliphatic heterocycles. The molecule has 108 valence electrons. The molecule has 0 heterocycles. The minimum Gasteiger partial charge on any atom is -0.348 e. The molecule has 0 saturated carbocycles. The third-order valence-corrected chi connectivity index (χ3v) is 3.61. The van der Waals surface area contributed by atoms with Crippen LogP contribution >= 0.6 is 0 Å². The van der Waals surface area contributed by atoms with E-state index in [1.807, 2.05) is 6.92 Å². The molecule has 0 spiro atoms. The predicted molar refractivity (Wildman–Crippen MR) is 93.5 cm³/mol. The number of hydrogen-bond donors (Lipinski definition) is 0. The summed E-state index contributed by atoms with van der Waals surface area (Å²) in [5.41, 5.74) is 5.02. The van der Waals surface area contributed by atoms with Crippen LogP contribution in [0.25, 0.3) is 11.1 Å². The summed E-state index contributed by atoms with van der Waals surface area (Å²) >= 11 is 0. The van der Waals surface area contributed by atoms with Gasteiger partial charge in [0, 0.05) is 18.4 Å². The van der Waals surface area contributed by atoms with Crippen molar-refractivity contribution in [3.63, 3.8) is 0 Å². The Morgan fingerprint density at radius 2 is 1.71 bits per heavy atom. The van der Waals surface area contributed by atoms with Crippen LogP contribution in [-0.4, -0.2) is 7.05 Å². The molecule has 0 unspecified atom stereocenters. The Bertz CT molecular complexity index is 623. The highest BCUT2D eigenvalue weighted by Crippen LogP contribution is 2.26. The second-order valence-electron chi connectivity index (χ2n) is 5.01. The van der Waals surface area contributed by atoms with Gasteiger partial charge in [-0.3, -0.25) is 0 Å². The number of allylic oxidation sites excluding steroid dienone is 4. The van der Waals surface area contributed by atoms with Gasteiger partial charge < -0.3 is 4.90 Å². The minimum absolute atomic E-state index is 1.01. The van der Waals surface area contributed by atoms with E-state index in [1.54, 1.807) is 0 Å². The maximum absolute atomic E-state index is 2.26. The van der Waals surface area contributed by atoms with Gasteiger partial charge in [0.15, 0.2) is 0 Å². The summed E-state index contributed by atoms with van der Waals surface area (Å²) in [7, 11) is 2.13. The van der Waals surface area contributed by atoms with Crippen molar-refractivity contribution < 1.29 is 0 Å². The van der Waals surface area contributed by atoms with Gasteiger partial charge in [-0.15, -0.1) is 0 Å². The topological polar surface area (TPSA) is 3.24 Å². The molecule has 2 rings (SSSR count). The molecule has 0 aliphatic carbocycles. The largest absolute Gasteiger partial charge is 0.348 e. The van der Waals surface area contributed by atoms with Gasteiger partial charge in [-0.05, 0) is 42.7 Å². The van der Waals surface area contributed by atoms with Crippen molar-refractivity contribution >= 4 is 5.69 Å². The van der Waals surface area contributed by atoms with E-state index >= 15 is 0 Å². The molecule has 0 amide bonds. The Kier molecular flexibility index (Phi) is 5.39. The molecule has 21 heavy (non-hydrogen) atoms. The molecule has 2 aromatic carbocycles. The van der Waals surface area contributed by atoms with E-state index in [0.29, 0.717) is 0 Å². The normalized spacial score (nSPS) is 11.9. The highest BCUT2D eigenvalue weighted by atomic mass is 15.1. The highest BCUT2D eigenvalue weighted by Gasteiger charge is 2.06. The Hall–Kier alpha value is -2.28. The first-order valence-electron chi connectivity index (χ1n) is 7.47. The number of rotatable bonds is 5. The Labute approximate surface area is 128 Å². The zero-order valence-electron chi connectivity index (χ0n) is 13.1. The summed E-state index contributed by atoms with van der Waals surface area (Å²) < 4.78 is 0. The van der Waals surface area contributed by atoms with Crippen molar-refractivity contribution in [1.82, 2.24) is 0 Å². The molecule has 0 N–H and O–H groups in total. The monoisotopic (exact) mass is 277 g/mol. The van der Waals surface area contributed by atoms with E-state index in [2.05, 4.69) is 91.7 Å². The van der Waals surface area contributed by atoms with Crippen molar-refractivity contribution in [1.29, 1.82) is 0 Å². The zero-order valence-corrected chi connectivity index (χ0v) is 13.1. The van der Waals surface area contributed by atoms with Crippen molar-refractivity contribution in [2.45, 2.75) is 20.3 Å². The molecule has 0 aromatic heterocycles. The van der Waals surface area contributed by atoms with Crippen molar-refractivity contribution in [3.05, 3.63) is 78.5 Å².